The zero-order valence-corrected chi connectivity index (χ0v) is 22.1. The molecule has 2 fully saturated rings. The van der Waals surface area contributed by atoms with Crippen molar-refractivity contribution < 1.29 is 19.4 Å². The summed E-state index contributed by atoms with van der Waals surface area (Å²) in [5.41, 5.74) is 3.74. The number of methoxy groups -OCH3 is 1. The monoisotopic (exact) mass is 511 g/mol. The number of ether oxygens (including phenoxy) is 1. The van der Waals surface area contributed by atoms with Crippen LogP contribution in [0.4, 0.5) is 11.4 Å². The normalized spacial score (nSPS) is 19.3. The van der Waals surface area contributed by atoms with Crippen LogP contribution >= 0.6 is 0 Å². The zero-order valence-electron chi connectivity index (χ0n) is 22.1. The third kappa shape index (κ3) is 4.64. The average molecular weight is 512 g/mol. The maximum atomic E-state index is 13.5. The van der Waals surface area contributed by atoms with Gasteiger partial charge in [0.15, 0.2) is 0 Å². The molecule has 5 rings (SSSR count). The highest BCUT2D eigenvalue weighted by molar-refractivity contribution is 6.51. The van der Waals surface area contributed by atoms with E-state index in [2.05, 4.69) is 9.88 Å². The van der Waals surface area contributed by atoms with Crippen LogP contribution in [0.3, 0.4) is 0 Å². The van der Waals surface area contributed by atoms with Crippen molar-refractivity contribution in [2.45, 2.75) is 45.1 Å². The number of hydrogen-bond acceptors (Lipinski definition) is 6. The van der Waals surface area contributed by atoms with Crippen LogP contribution in [0.5, 0.6) is 5.75 Å². The van der Waals surface area contributed by atoms with E-state index < -0.39 is 17.7 Å². The second-order valence-electron chi connectivity index (χ2n) is 10.1. The highest BCUT2D eigenvalue weighted by Crippen LogP contribution is 2.43. The van der Waals surface area contributed by atoms with Gasteiger partial charge in [0.25, 0.3) is 11.7 Å². The SMILES string of the molecule is COc1ccc(/C(O)=C2/C(=O)C(=O)N(c3ccc(N4CCCCC4)cc3)C2c2cccnc2)cc1C(C)C. The molecular formula is C31H33N3O4. The molecule has 0 bridgehead atoms. The number of amides is 1. The molecule has 0 saturated carbocycles. The van der Waals surface area contributed by atoms with Crippen LogP contribution < -0.4 is 14.5 Å². The first-order chi connectivity index (χ1) is 18.4. The topological polar surface area (TPSA) is 83.0 Å². The Labute approximate surface area is 223 Å². The Hall–Kier alpha value is -4.13. The van der Waals surface area contributed by atoms with Crippen LogP contribution in [0.1, 0.15) is 61.8 Å². The van der Waals surface area contributed by atoms with E-state index in [0.717, 1.165) is 24.3 Å². The van der Waals surface area contributed by atoms with E-state index in [-0.39, 0.29) is 17.3 Å². The molecule has 196 valence electrons. The molecule has 1 N–H and O–H groups in total. The van der Waals surface area contributed by atoms with Crippen molar-refractivity contribution in [2.75, 3.05) is 30.0 Å². The number of aliphatic hydroxyl groups is 1. The van der Waals surface area contributed by atoms with Gasteiger partial charge in [0.1, 0.15) is 11.5 Å². The fraction of sp³-hybridized carbons (Fsp3) is 0.323. The Balaban J connectivity index is 1.60. The summed E-state index contributed by atoms with van der Waals surface area (Å²) < 4.78 is 5.49. The van der Waals surface area contributed by atoms with Crippen LogP contribution in [-0.4, -0.2) is 42.0 Å². The van der Waals surface area contributed by atoms with E-state index in [9.17, 15) is 14.7 Å². The summed E-state index contributed by atoms with van der Waals surface area (Å²) in [5, 5.41) is 11.5. The van der Waals surface area contributed by atoms with Gasteiger partial charge in [-0.05, 0) is 84.8 Å². The van der Waals surface area contributed by atoms with E-state index >= 15 is 0 Å². The molecule has 38 heavy (non-hydrogen) atoms. The summed E-state index contributed by atoms with van der Waals surface area (Å²) in [4.78, 5) is 35.0. The number of Topliss-reactive ketones (excluding diaryl/α,β-unsaturated/α-hetero) is 1. The molecule has 1 unspecified atom stereocenters. The van der Waals surface area contributed by atoms with E-state index in [1.165, 1.54) is 24.2 Å². The molecule has 7 heteroatoms. The number of hydrogen-bond donors (Lipinski definition) is 1. The van der Waals surface area contributed by atoms with Crippen molar-refractivity contribution in [1.82, 2.24) is 4.98 Å². The number of anilines is 2. The first-order valence-electron chi connectivity index (χ1n) is 13.1. The molecule has 0 aliphatic carbocycles. The summed E-state index contributed by atoms with van der Waals surface area (Å²) in [7, 11) is 1.60. The maximum Gasteiger partial charge on any atom is 0.300 e. The van der Waals surface area contributed by atoms with E-state index in [1.807, 2.05) is 50.2 Å². The van der Waals surface area contributed by atoms with Crippen molar-refractivity contribution in [3.63, 3.8) is 0 Å². The number of piperidine rings is 1. The summed E-state index contributed by atoms with van der Waals surface area (Å²) in [6.45, 7) is 6.09. The lowest BCUT2D eigenvalue weighted by Crippen LogP contribution is -2.30. The lowest BCUT2D eigenvalue weighted by Gasteiger charge is -2.30. The molecule has 1 aromatic heterocycles. The number of carbonyl (C=O) groups is 2. The predicted molar refractivity (Wildman–Crippen MR) is 149 cm³/mol. The lowest BCUT2D eigenvalue weighted by atomic mass is 9.93. The fourth-order valence-electron chi connectivity index (χ4n) is 5.42. The average Bonchev–Trinajstić information content (AvgIpc) is 3.23. The summed E-state index contributed by atoms with van der Waals surface area (Å²) in [5.74, 6) is -0.779. The lowest BCUT2D eigenvalue weighted by molar-refractivity contribution is -0.132. The second-order valence-corrected chi connectivity index (χ2v) is 10.1. The Morgan fingerprint density at radius 3 is 2.34 bits per heavy atom. The van der Waals surface area contributed by atoms with Gasteiger partial charge in [-0.25, -0.2) is 0 Å². The standard InChI is InChI=1S/C31H33N3O4/c1-20(2)25-18-21(9-14-26(25)38-3)29(35)27-28(22-8-7-15-32-19-22)34(31(37)30(27)36)24-12-10-23(11-13-24)33-16-5-4-6-17-33/h7-15,18-20,28,35H,4-6,16-17H2,1-3H3/b29-27-. The van der Waals surface area contributed by atoms with Crippen LogP contribution in [0.25, 0.3) is 5.76 Å². The first kappa shape index (κ1) is 25.5. The summed E-state index contributed by atoms with van der Waals surface area (Å²) >= 11 is 0. The zero-order chi connectivity index (χ0) is 26.8. The first-order valence-corrected chi connectivity index (χ1v) is 13.1. The van der Waals surface area contributed by atoms with Crippen molar-refractivity contribution in [1.29, 1.82) is 0 Å². The van der Waals surface area contributed by atoms with Gasteiger partial charge in [-0.3, -0.25) is 19.5 Å². The molecule has 2 aromatic carbocycles. The van der Waals surface area contributed by atoms with Gasteiger partial charge in [0.2, 0.25) is 0 Å². The summed E-state index contributed by atoms with van der Waals surface area (Å²) in [6, 6.07) is 15.8. The third-order valence-corrected chi connectivity index (χ3v) is 7.42. The van der Waals surface area contributed by atoms with Gasteiger partial charge in [-0.1, -0.05) is 19.9 Å². The number of aliphatic hydroxyl groups excluding tert-OH is 1. The number of pyridine rings is 1. The van der Waals surface area contributed by atoms with Crippen molar-refractivity contribution in [3.8, 4) is 5.75 Å². The van der Waals surface area contributed by atoms with Gasteiger partial charge < -0.3 is 14.7 Å². The van der Waals surface area contributed by atoms with E-state index in [1.54, 1.807) is 37.7 Å². The molecular weight excluding hydrogens is 478 g/mol. The molecule has 3 heterocycles. The minimum absolute atomic E-state index is 0.0444. The molecule has 3 aromatic rings. The highest BCUT2D eigenvalue weighted by atomic mass is 16.5. The number of ketones is 1. The van der Waals surface area contributed by atoms with Crippen LogP contribution in [-0.2, 0) is 9.59 Å². The van der Waals surface area contributed by atoms with Crippen molar-refractivity contribution in [3.05, 3.63) is 89.3 Å². The fourth-order valence-corrected chi connectivity index (χ4v) is 5.42. The Morgan fingerprint density at radius 1 is 1.00 bits per heavy atom. The Kier molecular flexibility index (Phi) is 7.18. The number of nitrogens with zero attached hydrogens (tertiary/aromatic N) is 3. The highest BCUT2D eigenvalue weighted by Gasteiger charge is 2.47. The molecule has 0 radical (unpaired) electrons. The minimum atomic E-state index is -0.811. The van der Waals surface area contributed by atoms with Crippen LogP contribution in [0, 0.1) is 0 Å². The minimum Gasteiger partial charge on any atom is -0.507 e. The van der Waals surface area contributed by atoms with E-state index in [0.29, 0.717) is 22.6 Å². The summed E-state index contributed by atoms with van der Waals surface area (Å²) in [6.07, 6.45) is 6.85. The Morgan fingerprint density at radius 2 is 1.71 bits per heavy atom. The van der Waals surface area contributed by atoms with Crippen LogP contribution in [0.2, 0.25) is 0 Å². The van der Waals surface area contributed by atoms with Crippen molar-refractivity contribution in [2.24, 2.45) is 0 Å². The smallest absolute Gasteiger partial charge is 0.300 e. The number of carbonyl (C=O) groups excluding carboxylic acids is 2. The second kappa shape index (κ2) is 10.7. The van der Waals surface area contributed by atoms with Crippen LogP contribution in [0.15, 0.2) is 72.6 Å². The molecule has 0 spiro atoms. The van der Waals surface area contributed by atoms with Gasteiger partial charge in [-0.2, -0.15) is 0 Å². The van der Waals surface area contributed by atoms with Crippen molar-refractivity contribution >= 4 is 28.8 Å². The molecule has 1 atom stereocenters. The molecule has 2 aliphatic heterocycles. The van der Waals surface area contributed by atoms with Gasteiger partial charge in [0, 0.05) is 42.4 Å². The maximum absolute atomic E-state index is 13.5. The molecule has 1 amide bonds. The van der Waals surface area contributed by atoms with E-state index in [4.69, 9.17) is 4.74 Å². The predicted octanol–water partition coefficient (Wildman–Crippen LogP) is 5.83. The number of rotatable bonds is 6. The molecule has 2 aliphatic rings. The van der Waals surface area contributed by atoms with Gasteiger partial charge >= 0.3 is 0 Å². The van der Waals surface area contributed by atoms with Gasteiger partial charge in [0.05, 0.1) is 18.7 Å². The number of benzene rings is 2. The molecule has 7 nitrogen and oxygen atoms in total. The van der Waals surface area contributed by atoms with Gasteiger partial charge in [-0.15, -0.1) is 0 Å². The third-order valence-electron chi connectivity index (χ3n) is 7.42. The quantitative estimate of drug-likeness (QED) is 0.255. The number of aromatic nitrogens is 1. The largest absolute Gasteiger partial charge is 0.507 e. The molecule has 2 saturated heterocycles. The Bertz CT molecular complexity index is 1360.